The van der Waals surface area contributed by atoms with Crippen molar-refractivity contribution in [1.82, 2.24) is 9.97 Å². The second kappa shape index (κ2) is 6.52. The summed E-state index contributed by atoms with van der Waals surface area (Å²) in [5, 5.41) is 3.05. The fourth-order valence-corrected chi connectivity index (χ4v) is 2.22. The number of methoxy groups -OCH3 is 1. The van der Waals surface area contributed by atoms with Crippen LogP contribution >= 0.6 is 0 Å². The lowest BCUT2D eigenvalue weighted by Gasteiger charge is -2.13. The van der Waals surface area contributed by atoms with E-state index in [1.807, 2.05) is 6.92 Å². The molecule has 1 aromatic heterocycles. The zero-order valence-electron chi connectivity index (χ0n) is 12.8. The fraction of sp³-hybridized carbons (Fsp3) is 0.375. The van der Waals surface area contributed by atoms with Gasteiger partial charge in [0.15, 0.2) is 0 Å². The Labute approximate surface area is 124 Å². The summed E-state index contributed by atoms with van der Waals surface area (Å²) in [6, 6.07) is 4.80. The Morgan fingerprint density at radius 3 is 2.62 bits per heavy atom. The maximum Gasteiger partial charge on any atom is 0.136 e. The van der Waals surface area contributed by atoms with E-state index in [4.69, 9.17) is 4.74 Å². The maximum absolute atomic E-state index is 14.3. The van der Waals surface area contributed by atoms with E-state index >= 15 is 0 Å². The number of ether oxygens (including phenoxy) is 1. The summed E-state index contributed by atoms with van der Waals surface area (Å²) in [6.07, 6.45) is 1.70. The molecule has 0 saturated heterocycles. The highest BCUT2D eigenvalue weighted by Crippen LogP contribution is 2.30. The van der Waals surface area contributed by atoms with Crippen LogP contribution < -0.4 is 10.1 Å². The highest BCUT2D eigenvalue weighted by atomic mass is 19.1. The first-order chi connectivity index (χ1) is 10.1. The lowest BCUT2D eigenvalue weighted by molar-refractivity contribution is 0.411. The summed E-state index contributed by atoms with van der Waals surface area (Å²) >= 11 is 0. The number of aryl methyl sites for hydroxylation is 1. The van der Waals surface area contributed by atoms with Gasteiger partial charge in [-0.3, -0.25) is 0 Å². The molecule has 1 heterocycles. The second-order valence-corrected chi connectivity index (χ2v) is 4.81. The minimum absolute atomic E-state index is 0.347. The van der Waals surface area contributed by atoms with Gasteiger partial charge in [0.1, 0.15) is 23.2 Å². The maximum atomic E-state index is 14.3. The number of rotatable bonds is 5. The van der Waals surface area contributed by atoms with Crippen molar-refractivity contribution in [2.75, 3.05) is 19.5 Å². The van der Waals surface area contributed by atoms with Crippen molar-refractivity contribution in [2.24, 2.45) is 0 Å². The van der Waals surface area contributed by atoms with Gasteiger partial charge in [0.2, 0.25) is 0 Å². The largest absolute Gasteiger partial charge is 0.497 e. The average molecular weight is 289 g/mol. The minimum atomic E-state index is -0.347. The molecule has 2 rings (SSSR count). The Kier molecular flexibility index (Phi) is 4.73. The van der Waals surface area contributed by atoms with Gasteiger partial charge in [0, 0.05) is 30.7 Å². The number of benzene rings is 1. The third-order valence-corrected chi connectivity index (χ3v) is 3.33. The summed E-state index contributed by atoms with van der Waals surface area (Å²) in [6.45, 7) is 3.95. The van der Waals surface area contributed by atoms with E-state index in [1.165, 1.54) is 13.2 Å². The van der Waals surface area contributed by atoms with E-state index in [0.717, 1.165) is 30.0 Å². The second-order valence-electron chi connectivity index (χ2n) is 4.81. The molecule has 1 aromatic carbocycles. The van der Waals surface area contributed by atoms with E-state index in [1.54, 1.807) is 19.2 Å². The zero-order valence-corrected chi connectivity index (χ0v) is 12.8. The predicted molar refractivity (Wildman–Crippen MR) is 82.3 cm³/mol. The van der Waals surface area contributed by atoms with E-state index in [2.05, 4.69) is 22.2 Å². The van der Waals surface area contributed by atoms with Crippen molar-refractivity contribution >= 4 is 5.82 Å². The summed E-state index contributed by atoms with van der Waals surface area (Å²) in [4.78, 5) is 8.99. The molecule has 2 aromatic rings. The van der Waals surface area contributed by atoms with Gasteiger partial charge in [-0.2, -0.15) is 0 Å². The molecule has 0 aliphatic carbocycles. The molecule has 0 radical (unpaired) electrons. The monoisotopic (exact) mass is 289 g/mol. The Hall–Kier alpha value is -2.17. The van der Waals surface area contributed by atoms with Crippen LogP contribution in [0.5, 0.6) is 5.75 Å². The summed E-state index contributed by atoms with van der Waals surface area (Å²) in [5.41, 5.74) is 1.92. The van der Waals surface area contributed by atoms with Gasteiger partial charge >= 0.3 is 0 Å². The van der Waals surface area contributed by atoms with Crippen LogP contribution in [-0.4, -0.2) is 24.1 Å². The number of halogens is 1. The quantitative estimate of drug-likeness (QED) is 0.913. The van der Waals surface area contributed by atoms with Crippen molar-refractivity contribution in [3.05, 3.63) is 35.4 Å². The molecular formula is C16H20FN3O. The highest BCUT2D eigenvalue weighted by molar-refractivity contribution is 5.69. The standard InChI is InChI=1S/C16H20FN3O/c1-5-6-14-19-15(10(2)16(18-3)20-14)12-8-7-11(21-4)9-13(12)17/h7-9H,5-6H2,1-4H3,(H,18,19,20). The average Bonchev–Trinajstić information content (AvgIpc) is 2.49. The molecule has 0 spiro atoms. The van der Waals surface area contributed by atoms with Crippen LogP contribution in [0.15, 0.2) is 18.2 Å². The normalized spacial score (nSPS) is 10.5. The van der Waals surface area contributed by atoms with Crippen LogP contribution in [0.25, 0.3) is 11.3 Å². The van der Waals surface area contributed by atoms with Crippen LogP contribution in [0, 0.1) is 12.7 Å². The van der Waals surface area contributed by atoms with Gasteiger partial charge in [-0.25, -0.2) is 14.4 Å². The molecule has 0 fully saturated rings. The van der Waals surface area contributed by atoms with Crippen LogP contribution in [-0.2, 0) is 6.42 Å². The summed E-state index contributed by atoms with van der Waals surface area (Å²) in [5.74, 6) is 1.60. The molecule has 0 saturated carbocycles. The zero-order chi connectivity index (χ0) is 15.4. The van der Waals surface area contributed by atoms with E-state index in [0.29, 0.717) is 17.0 Å². The first-order valence-corrected chi connectivity index (χ1v) is 6.99. The van der Waals surface area contributed by atoms with Gasteiger partial charge in [0.05, 0.1) is 12.8 Å². The van der Waals surface area contributed by atoms with Crippen LogP contribution in [0.1, 0.15) is 24.7 Å². The van der Waals surface area contributed by atoms with Crippen LogP contribution in [0.4, 0.5) is 10.2 Å². The van der Waals surface area contributed by atoms with Gasteiger partial charge < -0.3 is 10.1 Å². The van der Waals surface area contributed by atoms with Crippen LogP contribution in [0.3, 0.4) is 0 Å². The predicted octanol–water partition coefficient (Wildman–Crippen LogP) is 3.59. The topological polar surface area (TPSA) is 47.0 Å². The lowest BCUT2D eigenvalue weighted by atomic mass is 10.1. The molecule has 0 amide bonds. The van der Waals surface area contributed by atoms with Crippen molar-refractivity contribution < 1.29 is 9.13 Å². The van der Waals surface area contributed by atoms with Gasteiger partial charge in [0.25, 0.3) is 0 Å². The molecule has 5 heteroatoms. The lowest BCUT2D eigenvalue weighted by Crippen LogP contribution is -2.06. The number of nitrogens with zero attached hydrogens (tertiary/aromatic N) is 2. The number of hydrogen-bond acceptors (Lipinski definition) is 4. The molecule has 4 nitrogen and oxygen atoms in total. The number of anilines is 1. The fourth-order valence-electron chi connectivity index (χ4n) is 2.22. The van der Waals surface area contributed by atoms with Crippen molar-refractivity contribution in [3.63, 3.8) is 0 Å². The summed E-state index contributed by atoms with van der Waals surface area (Å²) in [7, 11) is 3.32. The minimum Gasteiger partial charge on any atom is -0.497 e. The first kappa shape index (κ1) is 15.2. The van der Waals surface area contributed by atoms with E-state index in [9.17, 15) is 4.39 Å². The molecule has 112 valence electrons. The molecule has 0 unspecified atom stereocenters. The van der Waals surface area contributed by atoms with Crippen LogP contribution in [0.2, 0.25) is 0 Å². The Bertz CT molecular complexity index is 644. The highest BCUT2D eigenvalue weighted by Gasteiger charge is 2.15. The van der Waals surface area contributed by atoms with E-state index in [-0.39, 0.29) is 5.82 Å². The van der Waals surface area contributed by atoms with Gasteiger partial charge in [-0.1, -0.05) is 6.92 Å². The molecule has 21 heavy (non-hydrogen) atoms. The van der Waals surface area contributed by atoms with Crippen molar-refractivity contribution in [2.45, 2.75) is 26.7 Å². The van der Waals surface area contributed by atoms with Crippen molar-refractivity contribution in [1.29, 1.82) is 0 Å². The molecule has 0 bridgehead atoms. The Morgan fingerprint density at radius 2 is 2.05 bits per heavy atom. The van der Waals surface area contributed by atoms with Gasteiger partial charge in [-0.05, 0) is 25.5 Å². The summed E-state index contributed by atoms with van der Waals surface area (Å²) < 4.78 is 19.3. The number of aromatic nitrogens is 2. The third kappa shape index (κ3) is 3.12. The first-order valence-electron chi connectivity index (χ1n) is 6.99. The molecule has 0 atom stereocenters. The number of hydrogen-bond donors (Lipinski definition) is 1. The van der Waals surface area contributed by atoms with Crippen molar-refractivity contribution in [3.8, 4) is 17.0 Å². The van der Waals surface area contributed by atoms with E-state index < -0.39 is 0 Å². The Balaban J connectivity index is 2.59. The smallest absolute Gasteiger partial charge is 0.136 e. The molecule has 0 aliphatic heterocycles. The number of nitrogens with one attached hydrogen (secondary N) is 1. The SMILES string of the molecule is CCCc1nc(NC)c(C)c(-c2ccc(OC)cc2F)n1. The molecule has 0 aliphatic rings. The van der Waals surface area contributed by atoms with Gasteiger partial charge in [-0.15, -0.1) is 0 Å². The molecular weight excluding hydrogens is 269 g/mol. The third-order valence-electron chi connectivity index (χ3n) is 3.33. The Morgan fingerprint density at radius 1 is 1.29 bits per heavy atom. The molecule has 1 N–H and O–H groups in total.